The fourth-order valence-corrected chi connectivity index (χ4v) is 1.34. The molecule has 6 N–H and O–H groups in total. The van der Waals surface area contributed by atoms with Crippen LogP contribution in [0.4, 0.5) is 22.7 Å². The van der Waals surface area contributed by atoms with Crippen LogP contribution in [0.25, 0.3) is 0 Å². The first kappa shape index (κ1) is 22.0. The summed E-state index contributed by atoms with van der Waals surface area (Å²) in [5.74, 6) is 0. The molecule has 0 spiro atoms. The molecule has 0 unspecified atom stereocenters. The van der Waals surface area contributed by atoms with Gasteiger partial charge < -0.3 is 20.6 Å². The summed E-state index contributed by atoms with van der Waals surface area (Å²) in [7, 11) is -5.17. The van der Waals surface area contributed by atoms with Gasteiger partial charge in [-0.15, -0.1) is 0 Å². The van der Waals surface area contributed by atoms with E-state index >= 15 is 0 Å². The Kier molecular flexibility index (Phi) is 8.82. The summed E-state index contributed by atoms with van der Waals surface area (Å²) in [6.07, 6.45) is 0. The van der Waals surface area contributed by atoms with Crippen molar-refractivity contribution in [3.05, 3.63) is 68.8 Å². The van der Waals surface area contributed by atoms with E-state index in [0.717, 1.165) is 0 Å². The summed E-state index contributed by atoms with van der Waals surface area (Å²) in [5, 5.41) is 20.3. The zero-order valence-corrected chi connectivity index (χ0v) is 13.4. The van der Waals surface area contributed by atoms with E-state index in [9.17, 15) is 20.2 Å². The second-order valence-electron chi connectivity index (χ2n) is 4.26. The Morgan fingerprint density at radius 2 is 1.04 bits per heavy atom. The molecule has 0 atom stereocenters. The Hall–Kier alpha value is -2.97. The Morgan fingerprint density at radius 1 is 0.760 bits per heavy atom. The molecule has 25 heavy (non-hydrogen) atoms. The number of quaternary nitrogens is 2. The molecule has 0 aliphatic heterocycles. The number of nitro groups is 2. The third kappa shape index (κ3) is 12.2. The second-order valence-corrected chi connectivity index (χ2v) is 5.08. The van der Waals surface area contributed by atoms with E-state index in [1.54, 1.807) is 24.3 Å². The zero-order chi connectivity index (χ0) is 19.6. The lowest BCUT2D eigenvalue weighted by Crippen LogP contribution is -2.40. The lowest BCUT2D eigenvalue weighted by atomic mass is 10.3. The normalized spacial score (nSPS) is 9.76. The van der Waals surface area contributed by atoms with Crippen LogP contribution < -0.4 is 11.5 Å². The Morgan fingerprint density at radius 3 is 1.20 bits per heavy atom. The van der Waals surface area contributed by atoms with Crippen LogP contribution in [-0.2, 0) is 10.4 Å². The SMILES string of the molecule is O=S(=O)([O-])[O-].[NH3+]c1cccc([N+](=O)[O-])c1.[NH3+]c1cccc([N+](=O)[O-])c1. The van der Waals surface area contributed by atoms with Gasteiger partial charge in [-0.3, -0.25) is 28.6 Å². The molecule has 0 fully saturated rings. The summed E-state index contributed by atoms with van der Waals surface area (Å²) in [6.45, 7) is 0. The maximum absolute atomic E-state index is 10.1. The predicted molar refractivity (Wildman–Crippen MR) is 81.8 cm³/mol. The molecule has 0 aliphatic carbocycles. The monoisotopic (exact) mass is 374 g/mol. The highest BCUT2D eigenvalue weighted by Crippen LogP contribution is 2.13. The van der Waals surface area contributed by atoms with Crippen molar-refractivity contribution in [3.63, 3.8) is 0 Å². The van der Waals surface area contributed by atoms with Crippen LogP contribution in [0.3, 0.4) is 0 Å². The molecule has 0 amide bonds. The molecule has 136 valence electrons. The van der Waals surface area contributed by atoms with Gasteiger partial charge in [0.1, 0.15) is 11.4 Å². The fraction of sp³-hybridized carbons (Fsp3) is 0. The molecule has 2 rings (SSSR count). The highest BCUT2D eigenvalue weighted by molar-refractivity contribution is 7.79. The first-order valence-corrected chi connectivity index (χ1v) is 7.53. The van der Waals surface area contributed by atoms with Gasteiger partial charge in [-0.05, 0) is 24.3 Å². The fourth-order valence-electron chi connectivity index (χ4n) is 1.34. The molecule has 13 heteroatoms. The average Bonchev–Trinajstić information content (AvgIpc) is 2.46. The summed E-state index contributed by atoms with van der Waals surface area (Å²) in [4.78, 5) is 19.4. The standard InChI is InChI=1S/2C6H6N2O2.H2O4S/c2*7-5-2-1-3-6(4-5)8(9)10;1-5(2,3)4/h2*1-4H,7H2;(H2,1,2,3,4). The van der Waals surface area contributed by atoms with E-state index in [4.69, 9.17) is 17.5 Å². The van der Waals surface area contributed by atoms with Gasteiger partial charge in [0, 0.05) is 22.5 Å². The molecule has 12 nitrogen and oxygen atoms in total. The quantitative estimate of drug-likeness (QED) is 0.303. The van der Waals surface area contributed by atoms with Crippen LogP contribution in [0, 0.1) is 20.2 Å². The van der Waals surface area contributed by atoms with Gasteiger partial charge in [-0.1, -0.05) is 0 Å². The van der Waals surface area contributed by atoms with Crippen molar-refractivity contribution in [2.45, 2.75) is 0 Å². The van der Waals surface area contributed by atoms with Crippen LogP contribution >= 0.6 is 0 Å². The molecule has 0 aromatic heterocycles. The maximum Gasteiger partial charge on any atom is 0.275 e. The van der Waals surface area contributed by atoms with Gasteiger partial charge in [-0.25, -0.2) is 0 Å². The molecule has 2 aromatic rings. The molecular weight excluding hydrogens is 360 g/mol. The number of non-ortho nitro benzene ring substituents is 2. The summed E-state index contributed by atoms with van der Waals surface area (Å²) < 4.78 is 34.1. The van der Waals surface area contributed by atoms with E-state index in [0.29, 0.717) is 11.4 Å². The number of nitrogens with zero attached hydrogens (tertiary/aromatic N) is 2. The van der Waals surface area contributed by atoms with E-state index in [-0.39, 0.29) is 11.4 Å². The van der Waals surface area contributed by atoms with Crippen LogP contribution in [0.15, 0.2) is 48.5 Å². The molecule has 0 radical (unpaired) electrons. The van der Waals surface area contributed by atoms with Crippen LogP contribution in [0.2, 0.25) is 0 Å². The lowest BCUT2D eigenvalue weighted by molar-refractivity contribution is -0.385. The average molecular weight is 374 g/mol. The summed E-state index contributed by atoms with van der Waals surface area (Å²) in [6, 6.07) is 12.4. The van der Waals surface area contributed by atoms with Crippen LogP contribution in [0.5, 0.6) is 0 Å². The van der Waals surface area contributed by atoms with E-state index in [1.807, 2.05) is 0 Å². The van der Waals surface area contributed by atoms with Gasteiger partial charge in [0.05, 0.1) is 22.0 Å². The number of hydrogen-bond donors (Lipinski definition) is 2. The Balaban J connectivity index is 0.000000368. The van der Waals surface area contributed by atoms with Crippen molar-refractivity contribution in [3.8, 4) is 0 Å². The van der Waals surface area contributed by atoms with Crippen molar-refractivity contribution in [1.82, 2.24) is 0 Å². The molecule has 0 saturated carbocycles. The summed E-state index contributed by atoms with van der Waals surface area (Å²) >= 11 is 0. The van der Waals surface area contributed by atoms with Gasteiger partial charge in [0.25, 0.3) is 11.4 Å². The highest BCUT2D eigenvalue weighted by Gasteiger charge is 2.04. The Labute approximate surface area is 141 Å². The first-order chi connectivity index (χ1) is 11.4. The minimum Gasteiger partial charge on any atom is -0.759 e. The van der Waals surface area contributed by atoms with Gasteiger partial charge in [0.15, 0.2) is 0 Å². The van der Waals surface area contributed by atoms with Gasteiger partial charge >= 0.3 is 0 Å². The van der Waals surface area contributed by atoms with Crippen molar-refractivity contribution >= 4 is 33.1 Å². The smallest absolute Gasteiger partial charge is 0.275 e. The largest absolute Gasteiger partial charge is 0.759 e. The number of hydrogen-bond acceptors (Lipinski definition) is 8. The Bertz CT molecular complexity index is 777. The number of benzene rings is 2. The third-order valence-corrected chi connectivity index (χ3v) is 2.24. The minimum atomic E-state index is -5.17. The second kappa shape index (κ2) is 10.0. The molecule has 0 bridgehead atoms. The van der Waals surface area contributed by atoms with E-state index in [2.05, 4.69) is 11.5 Å². The topological polar surface area (TPSA) is 222 Å². The zero-order valence-electron chi connectivity index (χ0n) is 12.6. The van der Waals surface area contributed by atoms with Gasteiger partial charge in [-0.2, -0.15) is 0 Å². The van der Waals surface area contributed by atoms with Crippen molar-refractivity contribution < 1.29 is 38.8 Å². The van der Waals surface area contributed by atoms with Crippen molar-refractivity contribution in [2.75, 3.05) is 0 Å². The predicted octanol–water partition coefficient (Wildman–Crippen LogP) is -0.402. The lowest BCUT2D eigenvalue weighted by Gasteiger charge is -2.06. The van der Waals surface area contributed by atoms with Crippen LogP contribution in [0.1, 0.15) is 0 Å². The van der Waals surface area contributed by atoms with E-state index < -0.39 is 20.2 Å². The molecule has 0 heterocycles. The minimum absolute atomic E-state index is 0.0903. The molecule has 2 aromatic carbocycles. The first-order valence-electron chi connectivity index (χ1n) is 6.19. The van der Waals surface area contributed by atoms with Crippen molar-refractivity contribution in [2.24, 2.45) is 0 Å². The molecule has 0 aliphatic rings. The highest BCUT2D eigenvalue weighted by atomic mass is 32.3. The summed E-state index contributed by atoms with van der Waals surface area (Å²) in [5.41, 5.74) is 8.62. The molecule has 0 saturated heterocycles. The van der Waals surface area contributed by atoms with Crippen LogP contribution in [-0.4, -0.2) is 27.4 Å². The number of nitro benzene ring substituents is 2. The third-order valence-electron chi connectivity index (χ3n) is 2.24. The van der Waals surface area contributed by atoms with Crippen molar-refractivity contribution in [1.29, 1.82) is 0 Å². The maximum atomic E-state index is 10.1. The molecular formula is C12H14N4O8S. The number of rotatable bonds is 2. The van der Waals surface area contributed by atoms with Gasteiger partial charge in [0.2, 0.25) is 0 Å². The van der Waals surface area contributed by atoms with E-state index in [1.165, 1.54) is 24.3 Å².